The number of rotatable bonds is 4. The number of carbonyl (C=O) groups excluding carboxylic acids is 1. The van der Waals surface area contributed by atoms with E-state index in [0.29, 0.717) is 25.6 Å². The zero-order valence-electron chi connectivity index (χ0n) is 15.6. The van der Waals surface area contributed by atoms with E-state index in [1.807, 2.05) is 36.1 Å². The Morgan fingerprint density at radius 2 is 1.96 bits per heavy atom. The van der Waals surface area contributed by atoms with Crippen LogP contribution in [0.25, 0.3) is 0 Å². The highest BCUT2D eigenvalue weighted by Gasteiger charge is 2.22. The van der Waals surface area contributed by atoms with E-state index in [-0.39, 0.29) is 6.03 Å². The van der Waals surface area contributed by atoms with Gasteiger partial charge in [-0.05, 0) is 19.1 Å². The summed E-state index contributed by atoms with van der Waals surface area (Å²) < 4.78 is 0. The fraction of sp³-hybridized carbons (Fsp3) is 0.474. The number of hydrogen-bond acceptors (Lipinski definition) is 5. The number of carbonyl (C=O) groups is 1. The first-order chi connectivity index (χ1) is 12.5. The van der Waals surface area contributed by atoms with Gasteiger partial charge in [-0.2, -0.15) is 0 Å². The van der Waals surface area contributed by atoms with Crippen molar-refractivity contribution in [3.05, 3.63) is 47.7 Å². The summed E-state index contributed by atoms with van der Waals surface area (Å²) in [4.78, 5) is 29.8. The van der Waals surface area contributed by atoms with Crippen molar-refractivity contribution in [1.82, 2.24) is 25.2 Å². The summed E-state index contributed by atoms with van der Waals surface area (Å²) in [6.07, 6.45) is 1.73. The third-order valence-corrected chi connectivity index (χ3v) is 4.41. The Labute approximate surface area is 154 Å². The van der Waals surface area contributed by atoms with Crippen molar-refractivity contribution in [2.45, 2.75) is 33.2 Å². The minimum absolute atomic E-state index is 0.0444. The van der Waals surface area contributed by atoms with Crippen LogP contribution in [0.15, 0.2) is 30.5 Å². The van der Waals surface area contributed by atoms with Crippen LogP contribution >= 0.6 is 0 Å². The van der Waals surface area contributed by atoms with Crippen molar-refractivity contribution in [2.24, 2.45) is 0 Å². The van der Waals surface area contributed by atoms with E-state index in [1.54, 1.807) is 6.20 Å². The van der Waals surface area contributed by atoms with Crippen molar-refractivity contribution in [1.29, 1.82) is 0 Å². The van der Waals surface area contributed by atoms with E-state index in [9.17, 15) is 4.79 Å². The number of pyridine rings is 1. The van der Waals surface area contributed by atoms with Crippen LogP contribution in [-0.2, 0) is 6.54 Å². The molecule has 1 aliphatic rings. The van der Waals surface area contributed by atoms with Crippen molar-refractivity contribution in [3.63, 3.8) is 0 Å². The van der Waals surface area contributed by atoms with E-state index in [4.69, 9.17) is 4.98 Å². The summed E-state index contributed by atoms with van der Waals surface area (Å²) in [5, 5.41) is 2.94. The Balaban J connectivity index is 1.55. The number of hydrogen-bond donors (Lipinski definition) is 1. The van der Waals surface area contributed by atoms with E-state index < -0.39 is 0 Å². The third kappa shape index (κ3) is 4.47. The largest absolute Gasteiger partial charge is 0.353 e. The Morgan fingerprint density at radius 3 is 2.62 bits per heavy atom. The van der Waals surface area contributed by atoms with E-state index in [2.05, 4.69) is 34.0 Å². The first-order valence-corrected chi connectivity index (χ1v) is 9.06. The van der Waals surface area contributed by atoms with Gasteiger partial charge in [-0.3, -0.25) is 4.98 Å². The Hall–Kier alpha value is -2.70. The predicted octanol–water partition coefficient (Wildman–Crippen LogP) is 2.34. The minimum atomic E-state index is -0.0444. The molecule has 1 aliphatic heterocycles. The molecule has 0 aliphatic carbocycles. The summed E-state index contributed by atoms with van der Waals surface area (Å²) in [6.45, 7) is 9.53. The highest BCUT2D eigenvalue weighted by Crippen LogP contribution is 2.18. The minimum Gasteiger partial charge on any atom is -0.353 e. The zero-order chi connectivity index (χ0) is 18.5. The van der Waals surface area contributed by atoms with Crippen molar-refractivity contribution >= 4 is 11.8 Å². The van der Waals surface area contributed by atoms with Gasteiger partial charge in [-0.1, -0.05) is 19.9 Å². The van der Waals surface area contributed by atoms with Crippen LogP contribution in [0.2, 0.25) is 0 Å². The van der Waals surface area contributed by atoms with E-state index >= 15 is 0 Å². The lowest BCUT2D eigenvalue weighted by atomic mass is 10.2. The van der Waals surface area contributed by atoms with Crippen LogP contribution in [-0.4, -0.2) is 52.1 Å². The van der Waals surface area contributed by atoms with Crippen molar-refractivity contribution in [2.75, 3.05) is 31.1 Å². The van der Waals surface area contributed by atoms with Gasteiger partial charge in [0.1, 0.15) is 11.6 Å². The fourth-order valence-corrected chi connectivity index (χ4v) is 2.91. The maximum absolute atomic E-state index is 12.4. The molecule has 1 saturated heterocycles. The first-order valence-electron chi connectivity index (χ1n) is 9.06. The second-order valence-corrected chi connectivity index (χ2v) is 6.83. The highest BCUT2D eigenvalue weighted by atomic mass is 16.2. The van der Waals surface area contributed by atoms with Gasteiger partial charge in [0.2, 0.25) is 0 Å². The van der Waals surface area contributed by atoms with Gasteiger partial charge in [0.25, 0.3) is 0 Å². The standard InChI is InChI=1S/C19H26N6O/c1-14(2)18-22-15(3)12-17(23-18)24-8-10-25(11-9-24)19(26)21-13-16-6-4-5-7-20-16/h4-7,12,14H,8-11,13H2,1-3H3,(H,21,26). The summed E-state index contributed by atoms with van der Waals surface area (Å²) in [5.41, 5.74) is 1.84. The van der Waals surface area contributed by atoms with Crippen LogP contribution in [0.1, 0.15) is 37.0 Å². The molecule has 26 heavy (non-hydrogen) atoms. The monoisotopic (exact) mass is 354 g/mol. The first kappa shape index (κ1) is 18.1. The molecule has 138 valence electrons. The second kappa shape index (κ2) is 8.12. The molecule has 1 fully saturated rings. The number of piperazine rings is 1. The number of aromatic nitrogens is 3. The second-order valence-electron chi connectivity index (χ2n) is 6.83. The Morgan fingerprint density at radius 1 is 1.19 bits per heavy atom. The molecular weight excluding hydrogens is 328 g/mol. The average molecular weight is 354 g/mol. The Kier molecular flexibility index (Phi) is 5.65. The normalized spacial score (nSPS) is 14.6. The molecule has 7 nitrogen and oxygen atoms in total. The van der Waals surface area contributed by atoms with Crippen LogP contribution in [0, 0.1) is 6.92 Å². The molecule has 2 aromatic heterocycles. The van der Waals surface area contributed by atoms with Gasteiger partial charge in [0.05, 0.1) is 12.2 Å². The lowest BCUT2D eigenvalue weighted by Crippen LogP contribution is -2.52. The van der Waals surface area contributed by atoms with Gasteiger partial charge in [-0.25, -0.2) is 14.8 Å². The molecule has 0 atom stereocenters. The number of anilines is 1. The number of urea groups is 1. The molecule has 0 unspecified atom stereocenters. The van der Waals surface area contributed by atoms with Crippen molar-refractivity contribution < 1.29 is 4.79 Å². The van der Waals surface area contributed by atoms with E-state index in [1.165, 1.54) is 0 Å². The third-order valence-electron chi connectivity index (χ3n) is 4.41. The highest BCUT2D eigenvalue weighted by molar-refractivity contribution is 5.74. The summed E-state index contributed by atoms with van der Waals surface area (Å²) in [7, 11) is 0. The van der Waals surface area contributed by atoms with Crippen LogP contribution in [0.4, 0.5) is 10.6 Å². The topological polar surface area (TPSA) is 74.2 Å². The van der Waals surface area contributed by atoms with Gasteiger partial charge in [0.15, 0.2) is 0 Å². The zero-order valence-corrected chi connectivity index (χ0v) is 15.6. The number of aryl methyl sites for hydroxylation is 1. The molecule has 7 heteroatoms. The average Bonchev–Trinajstić information content (AvgIpc) is 2.66. The molecule has 2 amide bonds. The maximum Gasteiger partial charge on any atom is 0.317 e. The molecule has 0 saturated carbocycles. The maximum atomic E-state index is 12.4. The fourth-order valence-electron chi connectivity index (χ4n) is 2.91. The lowest BCUT2D eigenvalue weighted by Gasteiger charge is -2.35. The number of nitrogens with zero attached hydrogens (tertiary/aromatic N) is 5. The lowest BCUT2D eigenvalue weighted by molar-refractivity contribution is 0.193. The SMILES string of the molecule is Cc1cc(N2CCN(C(=O)NCc3ccccn3)CC2)nc(C(C)C)n1. The van der Waals surface area contributed by atoms with Crippen LogP contribution in [0.5, 0.6) is 0 Å². The molecule has 0 aromatic carbocycles. The van der Waals surface area contributed by atoms with Crippen molar-refractivity contribution in [3.8, 4) is 0 Å². The molecule has 2 aromatic rings. The number of nitrogens with one attached hydrogen (secondary N) is 1. The van der Waals surface area contributed by atoms with E-state index in [0.717, 1.165) is 36.1 Å². The molecule has 0 spiro atoms. The molecule has 0 bridgehead atoms. The Bertz CT molecular complexity index is 741. The summed E-state index contributed by atoms with van der Waals surface area (Å²) in [6, 6.07) is 7.66. The van der Waals surface area contributed by atoms with Crippen LogP contribution < -0.4 is 10.2 Å². The van der Waals surface area contributed by atoms with Gasteiger partial charge in [0, 0.05) is 50.1 Å². The quantitative estimate of drug-likeness (QED) is 0.912. The molecule has 3 heterocycles. The molecule has 1 N–H and O–H groups in total. The predicted molar refractivity (Wildman–Crippen MR) is 101 cm³/mol. The smallest absolute Gasteiger partial charge is 0.317 e. The van der Waals surface area contributed by atoms with Gasteiger partial charge < -0.3 is 15.1 Å². The molecular formula is C19H26N6O. The number of amides is 2. The van der Waals surface area contributed by atoms with Crippen LogP contribution in [0.3, 0.4) is 0 Å². The van der Waals surface area contributed by atoms with Gasteiger partial charge in [-0.15, -0.1) is 0 Å². The summed E-state index contributed by atoms with van der Waals surface area (Å²) in [5.74, 6) is 2.12. The molecule has 3 rings (SSSR count). The summed E-state index contributed by atoms with van der Waals surface area (Å²) >= 11 is 0. The molecule has 0 radical (unpaired) electrons. The van der Waals surface area contributed by atoms with Gasteiger partial charge >= 0.3 is 6.03 Å².